The monoisotopic (exact) mass is 519 g/mol. The number of phenols is 1. The fourth-order valence-electron chi connectivity index (χ4n) is 6.24. The second-order valence-corrected chi connectivity index (χ2v) is 11.3. The number of thiazole rings is 1. The summed E-state index contributed by atoms with van der Waals surface area (Å²) in [6, 6.07) is 4.24. The SMILES string of the molecule is C=CC(=O)N1CC2(CCN(c3nc4c(c(-c5cc(O)ccc5F)c3C)CCN(c3scnc3C)C4)C2)C1. The van der Waals surface area contributed by atoms with Crippen LogP contribution in [-0.2, 0) is 17.8 Å². The molecular weight excluding hydrogens is 489 g/mol. The number of benzene rings is 1. The molecule has 3 aromatic rings. The zero-order valence-electron chi connectivity index (χ0n) is 21.1. The van der Waals surface area contributed by atoms with Crippen LogP contribution in [0.25, 0.3) is 11.1 Å². The number of aromatic nitrogens is 2. The van der Waals surface area contributed by atoms with E-state index in [9.17, 15) is 9.90 Å². The number of amides is 1. The highest BCUT2D eigenvalue weighted by Crippen LogP contribution is 2.45. The van der Waals surface area contributed by atoms with Crippen LogP contribution in [0.15, 0.2) is 36.4 Å². The first-order chi connectivity index (χ1) is 17.8. The second kappa shape index (κ2) is 8.83. The molecule has 3 aliphatic rings. The van der Waals surface area contributed by atoms with Gasteiger partial charge < -0.3 is 19.8 Å². The Balaban J connectivity index is 1.41. The van der Waals surface area contributed by atoms with Crippen molar-refractivity contribution < 1.29 is 14.3 Å². The number of anilines is 2. The Kier molecular flexibility index (Phi) is 5.71. The van der Waals surface area contributed by atoms with Gasteiger partial charge >= 0.3 is 0 Å². The first-order valence-electron chi connectivity index (χ1n) is 12.6. The highest BCUT2D eigenvalue weighted by atomic mass is 32.1. The van der Waals surface area contributed by atoms with Crippen LogP contribution in [0, 0.1) is 25.1 Å². The Morgan fingerprint density at radius 1 is 1.22 bits per heavy atom. The molecule has 9 heteroatoms. The number of hydrogen-bond acceptors (Lipinski definition) is 7. The summed E-state index contributed by atoms with van der Waals surface area (Å²) in [5.41, 5.74) is 7.10. The largest absolute Gasteiger partial charge is 0.508 e. The van der Waals surface area contributed by atoms with Crippen molar-refractivity contribution in [1.82, 2.24) is 14.9 Å². The van der Waals surface area contributed by atoms with Crippen molar-refractivity contribution in [3.63, 3.8) is 0 Å². The molecule has 1 N–H and O–H groups in total. The van der Waals surface area contributed by atoms with Crippen molar-refractivity contribution >= 4 is 28.1 Å². The quantitative estimate of drug-likeness (QED) is 0.514. The first kappa shape index (κ1) is 23.9. The Hall–Kier alpha value is -3.46. The Labute approximate surface area is 219 Å². The molecule has 1 spiro atoms. The minimum Gasteiger partial charge on any atom is -0.508 e. The van der Waals surface area contributed by atoms with E-state index in [0.717, 1.165) is 84.5 Å². The molecule has 0 atom stereocenters. The number of carbonyl (C=O) groups is 1. The second-order valence-electron chi connectivity index (χ2n) is 10.5. The van der Waals surface area contributed by atoms with Crippen LogP contribution in [0.1, 0.15) is 28.9 Å². The average molecular weight is 520 g/mol. The van der Waals surface area contributed by atoms with Gasteiger partial charge in [0.15, 0.2) is 0 Å². The summed E-state index contributed by atoms with van der Waals surface area (Å²) >= 11 is 1.63. The third kappa shape index (κ3) is 3.96. The van der Waals surface area contributed by atoms with E-state index < -0.39 is 0 Å². The molecule has 2 saturated heterocycles. The van der Waals surface area contributed by atoms with Crippen LogP contribution in [0.3, 0.4) is 0 Å². The van der Waals surface area contributed by atoms with Gasteiger partial charge in [-0.05, 0) is 67.7 Å². The Morgan fingerprint density at radius 3 is 2.76 bits per heavy atom. The van der Waals surface area contributed by atoms with Crippen LogP contribution in [0.4, 0.5) is 15.2 Å². The number of halogens is 1. The molecule has 1 aromatic carbocycles. The summed E-state index contributed by atoms with van der Waals surface area (Å²) in [4.78, 5) is 28.1. The lowest BCUT2D eigenvalue weighted by atomic mass is 9.79. The molecule has 37 heavy (non-hydrogen) atoms. The number of likely N-dealkylation sites (tertiary alicyclic amines) is 1. The van der Waals surface area contributed by atoms with Crippen LogP contribution in [-0.4, -0.2) is 58.6 Å². The summed E-state index contributed by atoms with van der Waals surface area (Å²) < 4.78 is 15.2. The number of aromatic hydroxyl groups is 1. The van der Waals surface area contributed by atoms with Gasteiger partial charge in [-0.3, -0.25) is 4.79 Å². The zero-order valence-corrected chi connectivity index (χ0v) is 21.9. The number of fused-ring (bicyclic) bond motifs is 1. The highest BCUT2D eigenvalue weighted by molar-refractivity contribution is 7.14. The number of aryl methyl sites for hydroxylation is 1. The van der Waals surface area contributed by atoms with Crippen LogP contribution in [0.5, 0.6) is 5.75 Å². The summed E-state index contributed by atoms with van der Waals surface area (Å²) in [5, 5.41) is 11.4. The molecular formula is C28H30FN5O2S. The topological polar surface area (TPSA) is 72.8 Å². The van der Waals surface area contributed by atoms with Crippen molar-refractivity contribution in [3.05, 3.63) is 64.7 Å². The summed E-state index contributed by atoms with van der Waals surface area (Å²) in [6.07, 6.45) is 3.09. The predicted octanol–water partition coefficient (Wildman–Crippen LogP) is 4.45. The Morgan fingerprint density at radius 2 is 2.03 bits per heavy atom. The number of carbonyl (C=O) groups excluding carboxylic acids is 1. The van der Waals surface area contributed by atoms with Gasteiger partial charge in [0.05, 0.1) is 23.4 Å². The van der Waals surface area contributed by atoms with Crippen LogP contribution >= 0.6 is 11.3 Å². The third-order valence-corrected chi connectivity index (χ3v) is 9.06. The number of hydrogen-bond donors (Lipinski definition) is 1. The van der Waals surface area contributed by atoms with E-state index in [1.165, 1.54) is 24.3 Å². The lowest BCUT2D eigenvalue weighted by Gasteiger charge is -2.47. The zero-order chi connectivity index (χ0) is 25.9. The van der Waals surface area contributed by atoms with Crippen molar-refractivity contribution in [2.45, 2.75) is 33.2 Å². The molecule has 2 aromatic heterocycles. The number of phenolic OH excluding ortho intramolecular Hbond substituents is 1. The van der Waals surface area contributed by atoms with Gasteiger partial charge in [-0.2, -0.15) is 0 Å². The standard InChI is InChI=1S/C28H30FN5O2S/c1-4-24(36)34-14-28(15-34)8-10-33(13-28)26-17(2)25(21-11-19(35)5-6-22(21)29)20-7-9-32(12-23(20)31-26)27-18(3)30-16-37-27/h4-6,11,16,35H,1,7-10,12-15H2,2-3H3. The molecule has 0 aliphatic carbocycles. The van der Waals surface area contributed by atoms with Crippen molar-refractivity contribution in [1.29, 1.82) is 0 Å². The van der Waals surface area contributed by atoms with E-state index in [-0.39, 0.29) is 22.9 Å². The number of nitrogens with zero attached hydrogens (tertiary/aromatic N) is 5. The third-order valence-electron chi connectivity index (χ3n) is 8.08. The maximum Gasteiger partial charge on any atom is 0.245 e. The molecule has 6 rings (SSSR count). The van der Waals surface area contributed by atoms with E-state index in [4.69, 9.17) is 4.98 Å². The molecule has 0 radical (unpaired) electrons. The maximum atomic E-state index is 15.2. The first-order valence-corrected chi connectivity index (χ1v) is 13.5. The van der Waals surface area contributed by atoms with Gasteiger partial charge in [-0.25, -0.2) is 14.4 Å². The van der Waals surface area contributed by atoms with Gasteiger partial charge in [0, 0.05) is 43.7 Å². The molecule has 2 fully saturated rings. The highest BCUT2D eigenvalue weighted by Gasteiger charge is 2.49. The molecule has 1 amide bonds. The van der Waals surface area contributed by atoms with Crippen molar-refractivity contribution in [3.8, 4) is 16.9 Å². The van der Waals surface area contributed by atoms with Gasteiger partial charge in [0.25, 0.3) is 0 Å². The maximum absolute atomic E-state index is 15.2. The summed E-state index contributed by atoms with van der Waals surface area (Å²) in [6.45, 7) is 12.2. The predicted molar refractivity (Wildman–Crippen MR) is 144 cm³/mol. The Bertz CT molecular complexity index is 1410. The lowest BCUT2D eigenvalue weighted by Crippen LogP contribution is -2.59. The van der Waals surface area contributed by atoms with E-state index in [1.807, 2.05) is 24.3 Å². The minimum absolute atomic E-state index is 0.0211. The van der Waals surface area contributed by atoms with E-state index in [0.29, 0.717) is 12.1 Å². The van der Waals surface area contributed by atoms with E-state index in [2.05, 4.69) is 21.4 Å². The summed E-state index contributed by atoms with van der Waals surface area (Å²) in [7, 11) is 0. The van der Waals surface area contributed by atoms with E-state index in [1.54, 1.807) is 11.3 Å². The molecule has 0 unspecified atom stereocenters. The van der Waals surface area contributed by atoms with Crippen LogP contribution in [0.2, 0.25) is 0 Å². The van der Waals surface area contributed by atoms with E-state index >= 15 is 4.39 Å². The molecule has 5 heterocycles. The van der Waals surface area contributed by atoms with Crippen molar-refractivity contribution in [2.24, 2.45) is 5.41 Å². The summed E-state index contributed by atoms with van der Waals surface area (Å²) in [5.74, 6) is 0.538. The average Bonchev–Trinajstić information content (AvgIpc) is 3.51. The van der Waals surface area contributed by atoms with Gasteiger partial charge in [-0.1, -0.05) is 6.58 Å². The number of pyridine rings is 1. The molecule has 0 bridgehead atoms. The normalized spacial score (nSPS) is 18.2. The van der Waals surface area contributed by atoms with Crippen molar-refractivity contribution in [2.75, 3.05) is 42.5 Å². The molecule has 7 nitrogen and oxygen atoms in total. The molecule has 0 saturated carbocycles. The van der Waals surface area contributed by atoms with Gasteiger partial charge in [-0.15, -0.1) is 11.3 Å². The molecule has 3 aliphatic heterocycles. The van der Waals surface area contributed by atoms with Gasteiger partial charge in [0.1, 0.15) is 22.4 Å². The molecule has 192 valence electrons. The van der Waals surface area contributed by atoms with Crippen LogP contribution < -0.4 is 9.80 Å². The van der Waals surface area contributed by atoms with Gasteiger partial charge in [0.2, 0.25) is 5.91 Å². The fraction of sp³-hybridized carbons (Fsp3) is 0.393. The lowest BCUT2D eigenvalue weighted by molar-refractivity contribution is -0.136. The minimum atomic E-state index is -0.351. The smallest absolute Gasteiger partial charge is 0.245 e. The number of rotatable bonds is 4. The fourth-order valence-corrected chi connectivity index (χ4v) is 7.08.